The second kappa shape index (κ2) is 10.9. The Morgan fingerprint density at radius 1 is 1.00 bits per heavy atom. The number of carbonyl (C=O) groups excluding carboxylic acids is 1. The predicted octanol–water partition coefficient (Wildman–Crippen LogP) is 2.29. The number of halogens is 1. The van der Waals surface area contributed by atoms with Crippen molar-refractivity contribution in [1.29, 1.82) is 0 Å². The molecule has 7 nitrogen and oxygen atoms in total. The Kier molecular flexibility index (Phi) is 7.98. The number of hydrogen-bond donors (Lipinski definition) is 1. The first-order valence-electron chi connectivity index (χ1n) is 11.8. The summed E-state index contributed by atoms with van der Waals surface area (Å²) < 4.78 is 40.5. The van der Waals surface area contributed by atoms with Gasteiger partial charge < -0.3 is 10.2 Å². The van der Waals surface area contributed by atoms with E-state index < -0.39 is 21.8 Å². The zero-order valence-corrected chi connectivity index (χ0v) is 20.4. The van der Waals surface area contributed by atoms with E-state index in [0.717, 1.165) is 50.4 Å². The molecule has 0 bridgehead atoms. The molecule has 2 heterocycles. The molecule has 1 atom stereocenters. The molecule has 2 aliphatic heterocycles. The van der Waals surface area contributed by atoms with Gasteiger partial charge in [-0.15, -0.1) is 0 Å². The van der Waals surface area contributed by atoms with Crippen LogP contribution in [0.25, 0.3) is 0 Å². The van der Waals surface area contributed by atoms with Crippen molar-refractivity contribution in [2.24, 2.45) is 5.92 Å². The molecular weight excluding hydrogens is 455 g/mol. The van der Waals surface area contributed by atoms with E-state index in [-0.39, 0.29) is 17.3 Å². The van der Waals surface area contributed by atoms with Gasteiger partial charge in [-0.1, -0.05) is 24.3 Å². The van der Waals surface area contributed by atoms with Gasteiger partial charge in [-0.25, -0.2) is 12.8 Å². The minimum Gasteiger partial charge on any atom is -0.352 e. The molecule has 0 radical (unpaired) electrons. The molecular formula is C25H33FN4O3S. The lowest BCUT2D eigenvalue weighted by atomic mass is 9.98. The van der Waals surface area contributed by atoms with Crippen molar-refractivity contribution < 1.29 is 17.6 Å². The van der Waals surface area contributed by atoms with Gasteiger partial charge in [0, 0.05) is 52.4 Å². The van der Waals surface area contributed by atoms with Crippen LogP contribution in [0, 0.1) is 11.7 Å². The maximum atomic E-state index is 13.2. The molecule has 1 N–H and O–H groups in total. The topological polar surface area (TPSA) is 73.0 Å². The molecule has 2 aliphatic rings. The van der Waals surface area contributed by atoms with Gasteiger partial charge in [-0.3, -0.25) is 9.69 Å². The van der Waals surface area contributed by atoms with Gasteiger partial charge in [0.05, 0.1) is 10.8 Å². The lowest BCUT2D eigenvalue weighted by Crippen LogP contribution is -2.45. The van der Waals surface area contributed by atoms with E-state index in [2.05, 4.69) is 28.2 Å². The maximum Gasteiger partial charge on any atom is 0.243 e. The number of nitrogens with zero attached hydrogens (tertiary/aromatic N) is 3. The van der Waals surface area contributed by atoms with Gasteiger partial charge in [0.1, 0.15) is 5.82 Å². The molecule has 2 aromatic carbocycles. The smallest absolute Gasteiger partial charge is 0.243 e. The van der Waals surface area contributed by atoms with Crippen LogP contribution in [0.1, 0.15) is 24.0 Å². The first-order valence-corrected chi connectivity index (χ1v) is 13.3. The van der Waals surface area contributed by atoms with Gasteiger partial charge >= 0.3 is 0 Å². The molecule has 0 saturated carbocycles. The van der Waals surface area contributed by atoms with Crippen molar-refractivity contribution >= 4 is 15.9 Å². The highest BCUT2D eigenvalue weighted by atomic mass is 32.2. The van der Waals surface area contributed by atoms with Gasteiger partial charge in [-0.2, -0.15) is 4.31 Å². The van der Waals surface area contributed by atoms with E-state index in [4.69, 9.17) is 0 Å². The van der Waals surface area contributed by atoms with Crippen molar-refractivity contribution in [1.82, 2.24) is 19.4 Å². The van der Waals surface area contributed by atoms with Crippen molar-refractivity contribution in [3.05, 3.63) is 65.5 Å². The highest BCUT2D eigenvalue weighted by Crippen LogP contribution is 2.24. The van der Waals surface area contributed by atoms with Crippen LogP contribution in [0.2, 0.25) is 0 Å². The number of sulfonamides is 1. The molecule has 0 spiro atoms. The Bertz CT molecular complexity index is 1090. The standard InChI is InChI=1S/C25H33FN4O3S/c1-28-13-15-29(16-14-28)18-21-6-3-2-5-20(21)17-27-25(31)22-7-4-12-30(19-22)34(32,33)24-10-8-23(26)9-11-24/h2-3,5-6,8-11,22H,4,7,12-19H2,1H3,(H,27,31)/t22-/m1/s1. The normalized spacial score (nSPS) is 20.8. The zero-order chi connectivity index (χ0) is 24.1. The van der Waals surface area contributed by atoms with E-state index in [9.17, 15) is 17.6 Å². The summed E-state index contributed by atoms with van der Waals surface area (Å²) in [7, 11) is -1.62. The summed E-state index contributed by atoms with van der Waals surface area (Å²) in [5, 5.41) is 3.04. The monoisotopic (exact) mass is 488 g/mol. The van der Waals surface area contributed by atoms with Crippen molar-refractivity contribution in [2.45, 2.75) is 30.8 Å². The van der Waals surface area contributed by atoms with Crippen LogP contribution in [-0.4, -0.2) is 74.7 Å². The molecule has 2 aromatic rings. The summed E-state index contributed by atoms with van der Waals surface area (Å²) in [5.74, 6) is -1.02. The Balaban J connectivity index is 1.36. The molecule has 9 heteroatoms. The Hall–Kier alpha value is -2.33. The van der Waals surface area contributed by atoms with Crippen molar-refractivity contribution in [2.75, 3.05) is 46.3 Å². The van der Waals surface area contributed by atoms with E-state index in [1.807, 2.05) is 18.2 Å². The number of piperazine rings is 1. The fourth-order valence-corrected chi connectivity index (χ4v) is 6.11. The summed E-state index contributed by atoms with van der Waals surface area (Å²) in [6, 6.07) is 13.0. The minimum atomic E-state index is -3.76. The number of likely N-dealkylation sites (N-methyl/N-ethyl adjacent to an activating group) is 1. The molecule has 184 valence electrons. The maximum absolute atomic E-state index is 13.2. The number of rotatable bonds is 7. The van der Waals surface area contributed by atoms with Crippen LogP contribution in [0.5, 0.6) is 0 Å². The second-order valence-corrected chi connectivity index (χ2v) is 11.2. The second-order valence-electron chi connectivity index (χ2n) is 9.22. The highest BCUT2D eigenvalue weighted by Gasteiger charge is 2.33. The number of nitrogens with one attached hydrogen (secondary N) is 1. The molecule has 0 unspecified atom stereocenters. The average Bonchev–Trinajstić information content (AvgIpc) is 2.85. The lowest BCUT2D eigenvalue weighted by Gasteiger charge is -2.33. The van der Waals surface area contributed by atoms with Crippen LogP contribution in [0.3, 0.4) is 0 Å². The summed E-state index contributed by atoms with van der Waals surface area (Å²) in [5.41, 5.74) is 2.29. The molecule has 2 fully saturated rings. The minimum absolute atomic E-state index is 0.0489. The number of piperidine rings is 1. The number of benzene rings is 2. The first kappa shape index (κ1) is 24.8. The molecule has 1 amide bonds. The number of hydrogen-bond acceptors (Lipinski definition) is 5. The third kappa shape index (κ3) is 6.02. The van der Waals surface area contributed by atoms with Crippen molar-refractivity contribution in [3.63, 3.8) is 0 Å². The zero-order valence-electron chi connectivity index (χ0n) is 19.6. The van der Waals surface area contributed by atoms with Crippen LogP contribution < -0.4 is 5.32 Å². The quantitative estimate of drug-likeness (QED) is 0.648. The summed E-state index contributed by atoms with van der Waals surface area (Å²) in [4.78, 5) is 17.8. The van der Waals surface area contributed by atoms with Gasteiger partial charge in [0.25, 0.3) is 0 Å². The largest absolute Gasteiger partial charge is 0.352 e. The summed E-state index contributed by atoms with van der Waals surface area (Å²) in [6.07, 6.45) is 1.25. The highest BCUT2D eigenvalue weighted by molar-refractivity contribution is 7.89. The fourth-order valence-electron chi connectivity index (χ4n) is 4.59. The van der Waals surface area contributed by atoms with Gasteiger partial charge in [0.15, 0.2) is 0 Å². The van der Waals surface area contributed by atoms with Crippen molar-refractivity contribution in [3.8, 4) is 0 Å². The average molecular weight is 489 g/mol. The fraction of sp³-hybridized carbons (Fsp3) is 0.480. The SMILES string of the molecule is CN1CCN(Cc2ccccc2CNC(=O)[C@@H]2CCCN(S(=O)(=O)c3ccc(F)cc3)C2)CC1. The molecule has 2 saturated heterocycles. The summed E-state index contributed by atoms with van der Waals surface area (Å²) >= 11 is 0. The van der Waals surface area contributed by atoms with E-state index in [1.54, 1.807) is 0 Å². The van der Waals surface area contributed by atoms with Gasteiger partial charge in [-0.05, 0) is 55.3 Å². The predicted molar refractivity (Wildman–Crippen MR) is 129 cm³/mol. The van der Waals surface area contributed by atoms with E-state index in [1.165, 1.54) is 22.0 Å². The number of amides is 1. The Morgan fingerprint density at radius 3 is 2.38 bits per heavy atom. The lowest BCUT2D eigenvalue weighted by molar-refractivity contribution is -0.126. The summed E-state index contributed by atoms with van der Waals surface area (Å²) in [6.45, 7) is 5.92. The van der Waals surface area contributed by atoms with E-state index in [0.29, 0.717) is 25.9 Å². The molecule has 4 rings (SSSR count). The molecule has 0 aromatic heterocycles. The number of carbonyl (C=O) groups is 1. The third-order valence-electron chi connectivity index (χ3n) is 6.77. The van der Waals surface area contributed by atoms with Gasteiger partial charge in [0.2, 0.25) is 15.9 Å². The third-order valence-corrected chi connectivity index (χ3v) is 8.65. The first-order chi connectivity index (χ1) is 16.3. The molecule has 0 aliphatic carbocycles. The van der Waals surface area contributed by atoms with E-state index >= 15 is 0 Å². The van der Waals surface area contributed by atoms with Crippen LogP contribution in [0.15, 0.2) is 53.4 Å². The van der Waals surface area contributed by atoms with Crippen LogP contribution in [-0.2, 0) is 27.9 Å². The Morgan fingerprint density at radius 2 is 1.68 bits per heavy atom. The van der Waals surface area contributed by atoms with Crippen LogP contribution >= 0.6 is 0 Å². The van der Waals surface area contributed by atoms with Crippen LogP contribution in [0.4, 0.5) is 4.39 Å². The Labute approximate surface area is 201 Å². The molecule has 34 heavy (non-hydrogen) atoms.